The largest absolute Gasteiger partial charge is 0.378 e. The lowest BCUT2D eigenvalue weighted by Gasteiger charge is -2.37. The Morgan fingerprint density at radius 1 is 1.03 bits per heavy atom. The first-order chi connectivity index (χ1) is 15.9. The maximum atomic E-state index is 12.5. The van der Waals surface area contributed by atoms with E-state index in [2.05, 4.69) is 26.1 Å². The smallest absolute Gasteiger partial charge is 0.292 e. The Morgan fingerprint density at radius 2 is 1.76 bits per heavy atom. The minimum absolute atomic E-state index is 0.107. The molecule has 0 aliphatic carbocycles. The van der Waals surface area contributed by atoms with Gasteiger partial charge in [-0.15, -0.1) is 0 Å². The van der Waals surface area contributed by atoms with Crippen molar-refractivity contribution in [2.75, 3.05) is 62.3 Å². The molecule has 4 rings (SSSR count). The van der Waals surface area contributed by atoms with E-state index >= 15 is 0 Å². The van der Waals surface area contributed by atoms with Crippen LogP contribution in [0.2, 0.25) is 0 Å². The highest BCUT2D eigenvalue weighted by Crippen LogP contribution is 2.33. The highest BCUT2D eigenvalue weighted by Gasteiger charge is 2.25. The molecule has 174 valence electrons. The van der Waals surface area contributed by atoms with E-state index in [1.165, 1.54) is 0 Å². The fourth-order valence-corrected chi connectivity index (χ4v) is 4.64. The number of hydrogen-bond donors (Lipinski definition) is 1. The molecule has 1 N–H and O–H groups in total. The Labute approximate surface area is 205 Å². The molecule has 2 fully saturated rings. The standard InChI is InChI=1S/C22H24BrN5O4S/c23-17-3-1-2-16(14-17)21(29)24-22(33)27-8-6-25(7-9-27)18-4-5-19(28(30)31)20(15-18)26-10-12-32-13-11-26/h1-5,14-15H,6-13H2,(H,24,29,33). The number of nitrogens with one attached hydrogen (secondary N) is 1. The monoisotopic (exact) mass is 533 g/mol. The van der Waals surface area contributed by atoms with Gasteiger partial charge >= 0.3 is 0 Å². The first-order valence-electron chi connectivity index (χ1n) is 10.6. The third-order valence-electron chi connectivity index (χ3n) is 5.75. The second kappa shape index (κ2) is 10.4. The summed E-state index contributed by atoms with van der Waals surface area (Å²) in [4.78, 5) is 29.9. The third kappa shape index (κ3) is 5.60. The number of carbonyl (C=O) groups is 1. The van der Waals surface area contributed by atoms with Gasteiger partial charge in [-0.05, 0) is 42.5 Å². The van der Waals surface area contributed by atoms with Gasteiger partial charge < -0.3 is 19.4 Å². The van der Waals surface area contributed by atoms with Gasteiger partial charge in [0.25, 0.3) is 11.6 Å². The number of thiocarbonyl (C=S) groups is 1. The van der Waals surface area contributed by atoms with Crippen LogP contribution >= 0.6 is 28.1 Å². The van der Waals surface area contributed by atoms with E-state index in [0.29, 0.717) is 68.8 Å². The number of nitro benzene ring substituents is 1. The molecule has 2 aliphatic rings. The first kappa shape index (κ1) is 23.4. The fourth-order valence-electron chi connectivity index (χ4n) is 3.97. The Bertz CT molecular complexity index is 1050. The highest BCUT2D eigenvalue weighted by molar-refractivity contribution is 9.10. The van der Waals surface area contributed by atoms with E-state index in [1.807, 2.05) is 21.9 Å². The molecule has 11 heteroatoms. The molecule has 2 heterocycles. The minimum Gasteiger partial charge on any atom is -0.378 e. The van der Waals surface area contributed by atoms with Gasteiger partial charge in [0.15, 0.2) is 5.11 Å². The third-order valence-corrected chi connectivity index (χ3v) is 6.60. The number of ether oxygens (including phenoxy) is 1. The van der Waals surface area contributed by atoms with Crippen LogP contribution in [-0.2, 0) is 4.74 Å². The number of benzene rings is 2. The number of halogens is 1. The van der Waals surface area contributed by atoms with E-state index in [1.54, 1.807) is 30.3 Å². The van der Waals surface area contributed by atoms with Crippen molar-refractivity contribution in [3.05, 3.63) is 62.6 Å². The molecular formula is C22H24BrN5O4S. The maximum absolute atomic E-state index is 12.5. The lowest BCUT2D eigenvalue weighted by Crippen LogP contribution is -2.52. The molecular weight excluding hydrogens is 510 g/mol. The number of rotatable bonds is 4. The van der Waals surface area contributed by atoms with Crippen molar-refractivity contribution in [3.8, 4) is 0 Å². The molecule has 9 nitrogen and oxygen atoms in total. The molecule has 0 unspecified atom stereocenters. The van der Waals surface area contributed by atoms with Crippen LogP contribution in [0.1, 0.15) is 10.4 Å². The van der Waals surface area contributed by atoms with Gasteiger partial charge in [0.05, 0.1) is 18.1 Å². The van der Waals surface area contributed by atoms with Gasteiger partial charge in [-0.3, -0.25) is 20.2 Å². The average molecular weight is 534 g/mol. The van der Waals surface area contributed by atoms with E-state index < -0.39 is 0 Å². The number of hydrogen-bond acceptors (Lipinski definition) is 7. The van der Waals surface area contributed by atoms with Crippen LogP contribution in [0.15, 0.2) is 46.9 Å². The summed E-state index contributed by atoms with van der Waals surface area (Å²) in [6.07, 6.45) is 0. The predicted octanol–water partition coefficient (Wildman–Crippen LogP) is 3.03. The number of morpholine rings is 1. The molecule has 0 atom stereocenters. The molecule has 33 heavy (non-hydrogen) atoms. The van der Waals surface area contributed by atoms with Gasteiger partial charge in [0.1, 0.15) is 5.69 Å². The summed E-state index contributed by atoms with van der Waals surface area (Å²) >= 11 is 8.83. The number of amides is 1. The number of carbonyl (C=O) groups excluding carboxylic acids is 1. The Kier molecular flexibility index (Phi) is 7.41. The summed E-state index contributed by atoms with van der Waals surface area (Å²) < 4.78 is 6.22. The maximum Gasteiger partial charge on any atom is 0.292 e. The second-order valence-corrected chi connectivity index (χ2v) is 9.08. The van der Waals surface area contributed by atoms with Crippen molar-refractivity contribution in [1.82, 2.24) is 10.2 Å². The molecule has 2 aromatic carbocycles. The Morgan fingerprint density at radius 3 is 2.42 bits per heavy atom. The lowest BCUT2D eigenvalue weighted by atomic mass is 10.1. The van der Waals surface area contributed by atoms with Gasteiger partial charge in [0.2, 0.25) is 0 Å². The molecule has 2 aliphatic heterocycles. The topological polar surface area (TPSA) is 91.2 Å². The molecule has 2 saturated heterocycles. The van der Waals surface area contributed by atoms with E-state index in [-0.39, 0.29) is 16.5 Å². The Hall–Kier alpha value is -2.76. The minimum atomic E-state index is -0.334. The number of nitrogens with zero attached hydrogens (tertiary/aromatic N) is 4. The molecule has 2 aromatic rings. The van der Waals surface area contributed by atoms with Gasteiger partial charge in [-0.1, -0.05) is 22.0 Å². The van der Waals surface area contributed by atoms with E-state index in [4.69, 9.17) is 17.0 Å². The molecule has 0 aromatic heterocycles. The van der Waals surface area contributed by atoms with Crippen LogP contribution in [0.25, 0.3) is 0 Å². The molecule has 0 saturated carbocycles. The molecule has 0 bridgehead atoms. The van der Waals surface area contributed by atoms with Crippen molar-refractivity contribution < 1.29 is 14.5 Å². The number of piperazine rings is 1. The summed E-state index contributed by atoms with van der Waals surface area (Å²) in [7, 11) is 0. The van der Waals surface area contributed by atoms with E-state index in [0.717, 1.165) is 10.2 Å². The van der Waals surface area contributed by atoms with Crippen molar-refractivity contribution >= 4 is 56.2 Å². The van der Waals surface area contributed by atoms with Gasteiger partial charge in [0, 0.05) is 61.1 Å². The quantitative estimate of drug-likeness (QED) is 0.364. The Balaban J connectivity index is 1.39. The predicted molar refractivity (Wildman–Crippen MR) is 134 cm³/mol. The zero-order valence-electron chi connectivity index (χ0n) is 17.9. The van der Waals surface area contributed by atoms with Crippen molar-refractivity contribution in [3.63, 3.8) is 0 Å². The summed E-state index contributed by atoms with van der Waals surface area (Å²) in [6.45, 7) is 5.03. The normalized spacial score (nSPS) is 16.5. The van der Waals surface area contributed by atoms with Crippen LogP contribution in [0, 0.1) is 10.1 Å². The van der Waals surface area contributed by atoms with Crippen LogP contribution in [-0.4, -0.2) is 73.3 Å². The van der Waals surface area contributed by atoms with E-state index in [9.17, 15) is 14.9 Å². The van der Waals surface area contributed by atoms with Crippen LogP contribution in [0.3, 0.4) is 0 Å². The van der Waals surface area contributed by atoms with Gasteiger partial charge in [-0.25, -0.2) is 0 Å². The lowest BCUT2D eigenvalue weighted by molar-refractivity contribution is -0.384. The first-order valence-corrected chi connectivity index (χ1v) is 11.8. The zero-order chi connectivity index (χ0) is 23.4. The summed E-state index contributed by atoms with van der Waals surface area (Å²) in [6, 6.07) is 12.4. The van der Waals surface area contributed by atoms with Crippen LogP contribution in [0.4, 0.5) is 17.1 Å². The average Bonchev–Trinajstić information content (AvgIpc) is 2.84. The van der Waals surface area contributed by atoms with Crippen molar-refractivity contribution in [1.29, 1.82) is 0 Å². The highest BCUT2D eigenvalue weighted by atomic mass is 79.9. The number of anilines is 2. The van der Waals surface area contributed by atoms with Crippen molar-refractivity contribution in [2.45, 2.75) is 0 Å². The number of nitro groups is 1. The second-order valence-electron chi connectivity index (χ2n) is 7.77. The fraction of sp³-hybridized carbons (Fsp3) is 0.364. The SMILES string of the molecule is O=C(NC(=S)N1CCN(c2ccc([N+](=O)[O-])c(N3CCOCC3)c2)CC1)c1cccc(Br)c1. The molecule has 0 radical (unpaired) electrons. The van der Waals surface area contributed by atoms with Crippen molar-refractivity contribution in [2.24, 2.45) is 0 Å². The summed E-state index contributed by atoms with van der Waals surface area (Å²) in [5.74, 6) is -0.241. The van der Waals surface area contributed by atoms with Crippen LogP contribution in [0.5, 0.6) is 0 Å². The summed E-state index contributed by atoms with van der Waals surface area (Å²) in [5.41, 5.74) is 2.20. The van der Waals surface area contributed by atoms with Crippen LogP contribution < -0.4 is 15.1 Å². The summed E-state index contributed by atoms with van der Waals surface area (Å²) in [5, 5.41) is 14.8. The molecule has 1 amide bonds. The molecule has 0 spiro atoms. The zero-order valence-corrected chi connectivity index (χ0v) is 20.3. The van der Waals surface area contributed by atoms with Gasteiger partial charge in [-0.2, -0.15) is 0 Å².